The first-order valence-corrected chi connectivity index (χ1v) is 6.21. The lowest BCUT2D eigenvalue weighted by atomic mass is 10.1. The predicted octanol–water partition coefficient (Wildman–Crippen LogP) is 2.90. The topological polar surface area (TPSA) is 56.7 Å². The Morgan fingerprint density at radius 3 is 2.57 bits per heavy atom. The highest BCUT2D eigenvalue weighted by atomic mass is 19.4. The lowest BCUT2D eigenvalue weighted by molar-refractivity contribution is -0.141. The van der Waals surface area contributed by atoms with Crippen LogP contribution in [0.15, 0.2) is 42.6 Å². The number of aromatic nitrogens is 3. The zero-order valence-corrected chi connectivity index (χ0v) is 10.8. The molecule has 0 saturated carbocycles. The Morgan fingerprint density at radius 1 is 1.14 bits per heavy atom. The fourth-order valence-electron chi connectivity index (χ4n) is 2.09. The molecule has 2 N–H and O–H groups in total. The van der Waals surface area contributed by atoms with Crippen molar-refractivity contribution in [3.63, 3.8) is 0 Å². The van der Waals surface area contributed by atoms with Crippen LogP contribution < -0.4 is 5.73 Å². The summed E-state index contributed by atoms with van der Waals surface area (Å²) < 4.78 is 39.0. The Balaban J connectivity index is 2.17. The van der Waals surface area contributed by atoms with Crippen LogP contribution in [0.5, 0.6) is 0 Å². The smallest absolute Gasteiger partial charge is 0.326 e. The average molecular weight is 292 g/mol. The van der Waals surface area contributed by atoms with Gasteiger partial charge in [0.05, 0.1) is 5.52 Å². The summed E-state index contributed by atoms with van der Waals surface area (Å²) in [7, 11) is 0. The van der Waals surface area contributed by atoms with Crippen LogP contribution in [0.1, 0.15) is 11.3 Å². The summed E-state index contributed by atoms with van der Waals surface area (Å²) in [6.07, 6.45) is -3.25. The lowest BCUT2D eigenvalue weighted by Crippen LogP contribution is -2.10. The van der Waals surface area contributed by atoms with E-state index in [2.05, 4.69) is 10.1 Å². The fraction of sp³-hybridized carbons (Fsp3) is 0.143. The molecule has 4 nitrogen and oxygen atoms in total. The van der Waals surface area contributed by atoms with Crippen LogP contribution in [0, 0.1) is 0 Å². The van der Waals surface area contributed by atoms with E-state index in [1.807, 2.05) is 24.3 Å². The highest BCUT2D eigenvalue weighted by Crippen LogP contribution is 2.28. The molecular formula is C14H11F3N4. The van der Waals surface area contributed by atoms with Gasteiger partial charge >= 0.3 is 6.18 Å². The second kappa shape index (κ2) is 4.85. The van der Waals surface area contributed by atoms with Crippen LogP contribution in [-0.4, -0.2) is 14.8 Å². The van der Waals surface area contributed by atoms with E-state index in [9.17, 15) is 13.2 Å². The number of hydrogen-bond acceptors (Lipinski definition) is 3. The summed E-state index contributed by atoms with van der Waals surface area (Å²) in [5, 5.41) is 4.42. The molecular weight excluding hydrogens is 281 g/mol. The monoisotopic (exact) mass is 292 g/mol. The van der Waals surface area contributed by atoms with E-state index in [4.69, 9.17) is 5.73 Å². The molecule has 0 aliphatic rings. The van der Waals surface area contributed by atoms with Crippen molar-refractivity contribution in [2.75, 3.05) is 0 Å². The molecule has 7 heteroatoms. The van der Waals surface area contributed by atoms with Crippen molar-refractivity contribution < 1.29 is 13.2 Å². The standard InChI is InChI=1S/C14H11F3N4/c15-14(16,17)12-5-6-21(20-12)13-10(8-18)7-9-3-1-2-4-11(9)19-13/h1-7H,8,18H2. The lowest BCUT2D eigenvalue weighted by Gasteiger charge is -2.09. The van der Waals surface area contributed by atoms with E-state index < -0.39 is 11.9 Å². The maximum atomic E-state index is 12.6. The van der Waals surface area contributed by atoms with Crippen LogP contribution in [0.25, 0.3) is 16.7 Å². The summed E-state index contributed by atoms with van der Waals surface area (Å²) in [5.74, 6) is 0.312. The number of pyridine rings is 1. The van der Waals surface area contributed by atoms with Gasteiger partial charge in [0, 0.05) is 23.7 Å². The molecule has 3 aromatic rings. The third-order valence-electron chi connectivity index (χ3n) is 3.10. The Labute approximate surface area is 118 Å². The van der Waals surface area contributed by atoms with Gasteiger partial charge in [0.15, 0.2) is 11.5 Å². The molecule has 0 saturated heterocycles. The Bertz CT molecular complexity index is 792. The van der Waals surface area contributed by atoms with Crippen LogP contribution in [-0.2, 0) is 12.7 Å². The summed E-state index contributed by atoms with van der Waals surface area (Å²) in [6, 6.07) is 10.1. The van der Waals surface area contributed by atoms with Crippen LogP contribution >= 0.6 is 0 Å². The summed E-state index contributed by atoms with van der Waals surface area (Å²) >= 11 is 0. The molecule has 0 bridgehead atoms. The normalized spacial score (nSPS) is 12.0. The van der Waals surface area contributed by atoms with Crippen molar-refractivity contribution >= 4 is 10.9 Å². The molecule has 0 atom stereocenters. The number of rotatable bonds is 2. The minimum absolute atomic E-state index is 0.161. The molecule has 0 amide bonds. The molecule has 1 aromatic carbocycles. The number of nitrogens with two attached hydrogens (primary N) is 1. The first-order chi connectivity index (χ1) is 9.99. The maximum absolute atomic E-state index is 12.6. The van der Waals surface area contributed by atoms with Gasteiger partial charge in [-0.25, -0.2) is 9.67 Å². The van der Waals surface area contributed by atoms with Gasteiger partial charge in [0.2, 0.25) is 0 Å². The number of benzene rings is 1. The summed E-state index contributed by atoms with van der Waals surface area (Å²) in [6.45, 7) is 0.161. The highest BCUT2D eigenvalue weighted by Gasteiger charge is 2.33. The second-order valence-corrected chi connectivity index (χ2v) is 4.51. The van der Waals surface area contributed by atoms with Gasteiger partial charge in [0.1, 0.15) is 0 Å². The van der Waals surface area contributed by atoms with E-state index in [1.165, 1.54) is 6.20 Å². The van der Waals surface area contributed by atoms with E-state index >= 15 is 0 Å². The average Bonchev–Trinajstić information content (AvgIpc) is 2.95. The molecule has 0 aliphatic carbocycles. The molecule has 3 rings (SSSR count). The molecule has 0 radical (unpaired) electrons. The van der Waals surface area contributed by atoms with Gasteiger partial charge in [-0.1, -0.05) is 18.2 Å². The first-order valence-electron chi connectivity index (χ1n) is 6.21. The number of nitrogens with zero attached hydrogens (tertiary/aromatic N) is 3. The van der Waals surface area contributed by atoms with E-state index in [-0.39, 0.29) is 6.54 Å². The number of halogens is 3. The van der Waals surface area contributed by atoms with Crippen molar-refractivity contribution in [3.8, 4) is 5.82 Å². The van der Waals surface area contributed by atoms with Crippen molar-refractivity contribution in [3.05, 3.63) is 53.9 Å². The zero-order chi connectivity index (χ0) is 15.0. The second-order valence-electron chi connectivity index (χ2n) is 4.51. The fourth-order valence-corrected chi connectivity index (χ4v) is 2.09. The summed E-state index contributed by atoms with van der Waals surface area (Å²) in [4.78, 5) is 4.36. The molecule has 108 valence electrons. The van der Waals surface area contributed by atoms with E-state index in [1.54, 1.807) is 6.07 Å². The third kappa shape index (κ3) is 2.47. The third-order valence-corrected chi connectivity index (χ3v) is 3.10. The van der Waals surface area contributed by atoms with Gasteiger partial charge < -0.3 is 5.73 Å². The molecule has 0 unspecified atom stereocenters. The molecule has 0 fully saturated rings. The van der Waals surface area contributed by atoms with Gasteiger partial charge in [-0.15, -0.1) is 0 Å². The van der Waals surface area contributed by atoms with Crippen molar-refractivity contribution in [1.29, 1.82) is 0 Å². The maximum Gasteiger partial charge on any atom is 0.435 e. The van der Waals surface area contributed by atoms with Gasteiger partial charge in [-0.3, -0.25) is 0 Å². The number of alkyl halides is 3. The number of fused-ring (bicyclic) bond motifs is 1. The van der Waals surface area contributed by atoms with Crippen LogP contribution in [0.3, 0.4) is 0 Å². The Morgan fingerprint density at radius 2 is 1.90 bits per heavy atom. The van der Waals surface area contributed by atoms with Gasteiger partial charge in [-0.2, -0.15) is 18.3 Å². The molecule has 0 aliphatic heterocycles. The quantitative estimate of drug-likeness (QED) is 0.790. The minimum atomic E-state index is -4.48. The molecule has 2 heterocycles. The molecule has 0 spiro atoms. The zero-order valence-electron chi connectivity index (χ0n) is 10.8. The molecule has 2 aromatic heterocycles. The Hall–Kier alpha value is -2.41. The van der Waals surface area contributed by atoms with Crippen molar-refractivity contribution in [2.24, 2.45) is 5.73 Å². The van der Waals surface area contributed by atoms with E-state index in [0.29, 0.717) is 16.9 Å². The van der Waals surface area contributed by atoms with Crippen LogP contribution in [0.2, 0.25) is 0 Å². The highest BCUT2D eigenvalue weighted by molar-refractivity contribution is 5.80. The first kappa shape index (κ1) is 13.6. The van der Waals surface area contributed by atoms with Crippen LogP contribution in [0.4, 0.5) is 13.2 Å². The van der Waals surface area contributed by atoms with E-state index in [0.717, 1.165) is 16.1 Å². The minimum Gasteiger partial charge on any atom is -0.326 e. The van der Waals surface area contributed by atoms with Gasteiger partial charge in [0.25, 0.3) is 0 Å². The van der Waals surface area contributed by atoms with Gasteiger partial charge in [-0.05, 0) is 18.2 Å². The number of para-hydroxylation sites is 1. The summed E-state index contributed by atoms with van der Waals surface area (Å²) in [5.41, 5.74) is 6.02. The number of hydrogen-bond donors (Lipinski definition) is 1. The Kier molecular flexibility index (Phi) is 3.13. The SMILES string of the molecule is NCc1cc2ccccc2nc1-n1ccc(C(F)(F)F)n1. The van der Waals surface area contributed by atoms with Crippen molar-refractivity contribution in [1.82, 2.24) is 14.8 Å². The predicted molar refractivity (Wildman–Crippen MR) is 71.8 cm³/mol. The van der Waals surface area contributed by atoms with Crippen molar-refractivity contribution in [2.45, 2.75) is 12.7 Å². The molecule has 21 heavy (non-hydrogen) atoms. The largest absolute Gasteiger partial charge is 0.435 e.